The van der Waals surface area contributed by atoms with E-state index < -0.39 is 11.6 Å². The van der Waals surface area contributed by atoms with Crippen LogP contribution in [0.4, 0.5) is 8.78 Å². The molecule has 0 amide bonds. The third kappa shape index (κ3) is 6.34. The lowest BCUT2D eigenvalue weighted by Gasteiger charge is -2.19. The van der Waals surface area contributed by atoms with E-state index in [-0.39, 0.29) is 5.41 Å². The Hall–Kier alpha value is -1.42. The summed E-state index contributed by atoms with van der Waals surface area (Å²) in [4.78, 5) is 0. The van der Waals surface area contributed by atoms with Crippen LogP contribution in [-0.4, -0.2) is 13.2 Å². The minimum atomic E-state index is -0.825. The molecule has 4 heteroatoms. The van der Waals surface area contributed by atoms with Crippen LogP contribution in [0.15, 0.2) is 30.5 Å². The average Bonchev–Trinajstić information content (AvgIpc) is 2.28. The molecule has 1 aromatic carbocycles. The van der Waals surface area contributed by atoms with E-state index in [0.29, 0.717) is 18.7 Å². The van der Waals surface area contributed by atoms with Gasteiger partial charge in [0, 0.05) is 18.7 Å². The van der Waals surface area contributed by atoms with Crippen molar-refractivity contribution >= 4 is 0 Å². The van der Waals surface area contributed by atoms with Crippen molar-refractivity contribution in [3.05, 3.63) is 47.7 Å². The second-order valence-electron chi connectivity index (χ2n) is 5.87. The molecule has 2 nitrogen and oxygen atoms in total. The van der Waals surface area contributed by atoms with Gasteiger partial charge in [0.15, 0.2) is 11.6 Å². The van der Waals surface area contributed by atoms with Crippen molar-refractivity contribution < 1.29 is 8.78 Å². The predicted octanol–water partition coefficient (Wildman–Crippen LogP) is 3.20. The van der Waals surface area contributed by atoms with Crippen LogP contribution in [0.3, 0.4) is 0 Å². The highest BCUT2D eigenvalue weighted by atomic mass is 19.2. The maximum absolute atomic E-state index is 13.0. The first-order valence-corrected chi connectivity index (χ1v) is 6.34. The Bertz CT molecular complexity index is 436. The average molecular weight is 268 g/mol. The standard InChI is InChI=1S/C15H22F2N2/c1-11(19-10-18-9-15(2,3)4)7-12-5-6-13(16)14(17)8-12/h5-6,8,18-19H,1,7,9-10H2,2-4H3. The molecule has 0 fully saturated rings. The number of allylic oxidation sites excluding steroid dienone is 1. The molecule has 0 spiro atoms. The monoisotopic (exact) mass is 268 g/mol. The van der Waals surface area contributed by atoms with E-state index in [9.17, 15) is 8.78 Å². The van der Waals surface area contributed by atoms with Crippen molar-refractivity contribution in [3.8, 4) is 0 Å². The van der Waals surface area contributed by atoms with Crippen molar-refractivity contribution in [1.82, 2.24) is 10.6 Å². The van der Waals surface area contributed by atoms with E-state index in [0.717, 1.165) is 18.3 Å². The maximum atomic E-state index is 13.0. The number of halogens is 2. The number of hydrogen-bond acceptors (Lipinski definition) is 2. The third-order valence-electron chi connectivity index (χ3n) is 2.52. The fourth-order valence-corrected chi connectivity index (χ4v) is 1.58. The van der Waals surface area contributed by atoms with Crippen LogP contribution in [0, 0.1) is 17.0 Å². The van der Waals surface area contributed by atoms with Gasteiger partial charge < -0.3 is 5.32 Å². The Morgan fingerprint density at radius 2 is 1.89 bits per heavy atom. The first-order valence-electron chi connectivity index (χ1n) is 6.34. The fourth-order valence-electron chi connectivity index (χ4n) is 1.58. The van der Waals surface area contributed by atoms with Gasteiger partial charge in [-0.1, -0.05) is 33.4 Å². The smallest absolute Gasteiger partial charge is 0.159 e. The summed E-state index contributed by atoms with van der Waals surface area (Å²) >= 11 is 0. The lowest BCUT2D eigenvalue weighted by atomic mass is 9.97. The number of nitrogens with one attached hydrogen (secondary N) is 2. The third-order valence-corrected chi connectivity index (χ3v) is 2.52. The van der Waals surface area contributed by atoms with Crippen LogP contribution in [0.1, 0.15) is 26.3 Å². The molecule has 0 radical (unpaired) electrons. The molecule has 0 aromatic heterocycles. The van der Waals surface area contributed by atoms with Gasteiger partial charge in [0.25, 0.3) is 0 Å². The first-order chi connectivity index (χ1) is 8.78. The van der Waals surface area contributed by atoms with Gasteiger partial charge in [-0.2, -0.15) is 0 Å². The summed E-state index contributed by atoms with van der Waals surface area (Å²) in [6, 6.07) is 3.90. The van der Waals surface area contributed by atoms with Gasteiger partial charge >= 0.3 is 0 Å². The van der Waals surface area contributed by atoms with E-state index in [4.69, 9.17) is 0 Å². The number of hydrogen-bond donors (Lipinski definition) is 2. The zero-order valence-electron chi connectivity index (χ0n) is 11.8. The summed E-state index contributed by atoms with van der Waals surface area (Å²) in [6.07, 6.45) is 0.481. The molecule has 0 aliphatic rings. The minimum absolute atomic E-state index is 0.225. The topological polar surface area (TPSA) is 24.1 Å². The fraction of sp³-hybridized carbons (Fsp3) is 0.467. The second kappa shape index (κ2) is 6.66. The molecule has 106 valence electrons. The van der Waals surface area contributed by atoms with Crippen LogP contribution in [-0.2, 0) is 6.42 Å². The summed E-state index contributed by atoms with van der Waals surface area (Å²) in [6.45, 7) is 11.8. The van der Waals surface area contributed by atoms with Crippen molar-refractivity contribution in [1.29, 1.82) is 0 Å². The molecule has 0 aliphatic heterocycles. The molecule has 0 heterocycles. The lowest BCUT2D eigenvalue weighted by molar-refractivity contribution is 0.376. The highest BCUT2D eigenvalue weighted by molar-refractivity contribution is 5.22. The lowest BCUT2D eigenvalue weighted by Crippen LogP contribution is -2.34. The summed E-state index contributed by atoms with van der Waals surface area (Å²) in [5, 5.41) is 6.37. The van der Waals surface area contributed by atoms with Crippen molar-refractivity contribution in [2.75, 3.05) is 13.2 Å². The summed E-state index contributed by atoms with van der Waals surface area (Å²) < 4.78 is 25.8. The molecule has 0 atom stereocenters. The highest BCUT2D eigenvalue weighted by Gasteiger charge is 2.08. The van der Waals surface area contributed by atoms with Crippen LogP contribution < -0.4 is 10.6 Å². The summed E-state index contributed by atoms with van der Waals surface area (Å²) in [7, 11) is 0. The molecule has 0 bridgehead atoms. The predicted molar refractivity (Wildman–Crippen MR) is 74.7 cm³/mol. The van der Waals surface area contributed by atoms with Crippen LogP contribution in [0.25, 0.3) is 0 Å². The number of benzene rings is 1. The largest absolute Gasteiger partial charge is 0.376 e. The van der Waals surface area contributed by atoms with E-state index in [1.807, 2.05) is 0 Å². The molecular weight excluding hydrogens is 246 g/mol. The SMILES string of the molecule is C=C(Cc1ccc(F)c(F)c1)NCNCC(C)(C)C. The molecular formula is C15H22F2N2. The van der Waals surface area contributed by atoms with Gasteiger partial charge in [0.05, 0.1) is 6.67 Å². The minimum Gasteiger partial charge on any atom is -0.376 e. The molecule has 0 saturated heterocycles. The van der Waals surface area contributed by atoms with Crippen molar-refractivity contribution in [2.45, 2.75) is 27.2 Å². The Balaban J connectivity index is 2.33. The zero-order chi connectivity index (χ0) is 14.5. The van der Waals surface area contributed by atoms with Crippen molar-refractivity contribution in [3.63, 3.8) is 0 Å². The van der Waals surface area contributed by atoms with Crippen molar-refractivity contribution in [2.24, 2.45) is 5.41 Å². The van der Waals surface area contributed by atoms with E-state index in [1.165, 1.54) is 6.07 Å². The van der Waals surface area contributed by atoms with Gasteiger partial charge in [0.1, 0.15) is 0 Å². The van der Waals surface area contributed by atoms with Gasteiger partial charge in [0.2, 0.25) is 0 Å². The summed E-state index contributed by atoms with van der Waals surface area (Å²) in [5.41, 5.74) is 1.70. The molecule has 1 aromatic rings. The quantitative estimate of drug-likeness (QED) is 0.611. The zero-order valence-corrected chi connectivity index (χ0v) is 11.8. The van der Waals surface area contributed by atoms with E-state index >= 15 is 0 Å². The Morgan fingerprint density at radius 3 is 2.47 bits per heavy atom. The van der Waals surface area contributed by atoms with Gasteiger partial charge in [-0.05, 0) is 23.1 Å². The molecule has 19 heavy (non-hydrogen) atoms. The Kier molecular flexibility index (Phi) is 5.48. The highest BCUT2D eigenvalue weighted by Crippen LogP contribution is 2.11. The first kappa shape index (κ1) is 15.6. The Morgan fingerprint density at radius 1 is 1.21 bits per heavy atom. The van der Waals surface area contributed by atoms with Gasteiger partial charge in [-0.3, -0.25) is 5.32 Å². The molecule has 2 N–H and O–H groups in total. The van der Waals surface area contributed by atoms with Gasteiger partial charge in [-0.25, -0.2) is 8.78 Å². The summed E-state index contributed by atoms with van der Waals surface area (Å²) in [5.74, 6) is -1.65. The molecule has 0 saturated carbocycles. The van der Waals surface area contributed by atoms with Gasteiger partial charge in [-0.15, -0.1) is 0 Å². The Labute approximate surface area is 113 Å². The van der Waals surface area contributed by atoms with E-state index in [1.54, 1.807) is 6.07 Å². The van der Waals surface area contributed by atoms with Crippen LogP contribution >= 0.6 is 0 Å². The maximum Gasteiger partial charge on any atom is 0.159 e. The van der Waals surface area contributed by atoms with E-state index in [2.05, 4.69) is 38.0 Å². The molecule has 1 rings (SSSR count). The molecule has 0 unspecified atom stereocenters. The normalized spacial score (nSPS) is 11.4. The van der Waals surface area contributed by atoms with Crippen LogP contribution in [0.5, 0.6) is 0 Å². The van der Waals surface area contributed by atoms with Crippen LogP contribution in [0.2, 0.25) is 0 Å². The second-order valence-corrected chi connectivity index (χ2v) is 5.87. The molecule has 0 aliphatic carbocycles. The number of rotatable bonds is 6.